The van der Waals surface area contributed by atoms with Crippen LogP contribution in [0, 0.1) is 0 Å². The lowest BCUT2D eigenvalue weighted by Gasteiger charge is -2.41. The number of amides is 1. The van der Waals surface area contributed by atoms with E-state index in [0.29, 0.717) is 12.8 Å². The van der Waals surface area contributed by atoms with Gasteiger partial charge in [0.05, 0.1) is 25.4 Å². The summed E-state index contributed by atoms with van der Waals surface area (Å²) in [5.41, 5.74) is 0. The van der Waals surface area contributed by atoms with Gasteiger partial charge in [0.1, 0.15) is 24.4 Å². The highest BCUT2D eigenvalue weighted by Crippen LogP contribution is 2.26. The Labute approximate surface area is 473 Å². The standard InChI is InChI=1S/C67H107NO10/c1-4-7-10-13-16-19-22-25-27-28-29-30-31-32-33-35-36-39-42-45-48-51-54-60(71)66(75)68-58(59(70)53-50-47-44-41-38-24-21-18-15-12-9-6-3)57-76-67-65(64(74)63(73)61(56-69)77-67)78-62(72)55-52-49-46-43-40-37-34-26-23-20-17-14-11-8-5-2/h7-8,10-11,14,16-17,19-20,23,25-27,29-30,32-34,36-37,39-40,50,53,58-61,63-65,67,69-71,73-74H,4-6,9,12-13,15,18,21-22,24,28,31,35,38,41-49,51-52,54-57H2,1-3H3,(H,68,75)/b10-7-,11-8+,17-14+,19-16-,23-20-,27-25-,30-29-,33-32-,34-26-,39-36-,40-37+,53-50+. The third-order valence-corrected chi connectivity index (χ3v) is 13.1. The fourth-order valence-corrected chi connectivity index (χ4v) is 8.38. The summed E-state index contributed by atoms with van der Waals surface area (Å²) in [6.07, 6.45) is 66.0. The van der Waals surface area contributed by atoms with Crippen molar-refractivity contribution >= 4 is 11.9 Å². The van der Waals surface area contributed by atoms with Crippen LogP contribution in [0.1, 0.15) is 201 Å². The fourth-order valence-electron chi connectivity index (χ4n) is 8.38. The van der Waals surface area contributed by atoms with Crippen LogP contribution in [0.15, 0.2) is 146 Å². The normalized spacial score (nSPS) is 20.0. The van der Waals surface area contributed by atoms with E-state index in [1.807, 2.05) is 54.7 Å². The van der Waals surface area contributed by atoms with Gasteiger partial charge in [-0.25, -0.2) is 0 Å². The lowest BCUT2D eigenvalue weighted by Crippen LogP contribution is -2.61. The molecule has 0 bridgehead atoms. The van der Waals surface area contributed by atoms with Crippen LogP contribution in [0.5, 0.6) is 0 Å². The Kier molecular flexibility index (Phi) is 48.8. The van der Waals surface area contributed by atoms with Crippen molar-refractivity contribution in [2.24, 2.45) is 0 Å². The van der Waals surface area contributed by atoms with Crippen molar-refractivity contribution < 1.29 is 49.3 Å². The molecule has 0 aromatic rings. The lowest BCUT2D eigenvalue weighted by atomic mass is 9.99. The predicted octanol–water partition coefficient (Wildman–Crippen LogP) is 14.2. The molecule has 6 N–H and O–H groups in total. The van der Waals surface area contributed by atoms with Gasteiger partial charge in [0.15, 0.2) is 12.4 Å². The zero-order valence-electron chi connectivity index (χ0n) is 48.5. The summed E-state index contributed by atoms with van der Waals surface area (Å²) in [4.78, 5) is 26.5. The van der Waals surface area contributed by atoms with Crippen molar-refractivity contribution in [2.75, 3.05) is 13.2 Å². The van der Waals surface area contributed by atoms with E-state index < -0.39 is 67.4 Å². The van der Waals surface area contributed by atoms with Crippen LogP contribution in [-0.2, 0) is 23.8 Å². The highest BCUT2D eigenvalue weighted by Gasteiger charge is 2.47. The molecule has 1 amide bonds. The number of esters is 1. The minimum Gasteiger partial charge on any atom is -0.454 e. The summed E-state index contributed by atoms with van der Waals surface area (Å²) in [6.45, 7) is 5.46. The fraction of sp³-hybridized carbons (Fsp3) is 0.612. The van der Waals surface area contributed by atoms with E-state index in [2.05, 4.69) is 111 Å². The van der Waals surface area contributed by atoms with Crippen molar-refractivity contribution in [3.8, 4) is 0 Å². The molecule has 8 unspecified atom stereocenters. The molecule has 0 aromatic heterocycles. The van der Waals surface area contributed by atoms with Crippen LogP contribution in [0.2, 0.25) is 0 Å². The first-order valence-electron chi connectivity index (χ1n) is 30.2. The van der Waals surface area contributed by atoms with Crippen molar-refractivity contribution in [3.63, 3.8) is 0 Å². The molecule has 0 aliphatic carbocycles. The second-order valence-electron chi connectivity index (χ2n) is 20.1. The summed E-state index contributed by atoms with van der Waals surface area (Å²) in [5, 5.41) is 56.9. The van der Waals surface area contributed by atoms with Gasteiger partial charge in [0.2, 0.25) is 5.91 Å². The summed E-state index contributed by atoms with van der Waals surface area (Å²) in [5.74, 6) is -1.28. The van der Waals surface area contributed by atoms with E-state index in [1.54, 1.807) is 6.08 Å². The average Bonchev–Trinajstić information content (AvgIpc) is 3.44. The highest BCUT2D eigenvalue weighted by molar-refractivity contribution is 5.80. The second-order valence-corrected chi connectivity index (χ2v) is 20.1. The van der Waals surface area contributed by atoms with E-state index in [9.17, 15) is 35.1 Å². The summed E-state index contributed by atoms with van der Waals surface area (Å²) < 4.78 is 17.5. The first-order chi connectivity index (χ1) is 38.2. The van der Waals surface area contributed by atoms with Gasteiger partial charge in [-0.2, -0.15) is 0 Å². The van der Waals surface area contributed by atoms with E-state index in [4.69, 9.17) is 14.2 Å². The molecule has 1 saturated heterocycles. The van der Waals surface area contributed by atoms with E-state index >= 15 is 0 Å². The van der Waals surface area contributed by atoms with Gasteiger partial charge in [0, 0.05) is 6.42 Å². The minimum absolute atomic E-state index is 0.0620. The monoisotopic (exact) mass is 1090 g/mol. The van der Waals surface area contributed by atoms with E-state index in [0.717, 1.165) is 109 Å². The quantitative estimate of drug-likeness (QED) is 0.0149. The molecule has 1 heterocycles. The van der Waals surface area contributed by atoms with Crippen molar-refractivity contribution in [2.45, 2.75) is 250 Å². The number of aliphatic hydroxyl groups is 5. The number of hydrogen-bond acceptors (Lipinski definition) is 10. The van der Waals surface area contributed by atoms with Gasteiger partial charge >= 0.3 is 5.97 Å². The topological polar surface area (TPSA) is 175 Å². The zero-order chi connectivity index (χ0) is 56.8. The molecular formula is C67H107NO10. The Morgan fingerprint density at radius 3 is 1.54 bits per heavy atom. The molecular weight excluding hydrogens is 979 g/mol. The Bertz CT molecular complexity index is 1820. The minimum atomic E-state index is -1.65. The molecule has 440 valence electrons. The Morgan fingerprint density at radius 2 is 0.987 bits per heavy atom. The van der Waals surface area contributed by atoms with E-state index in [1.165, 1.54) is 44.9 Å². The number of aliphatic hydroxyl groups excluding tert-OH is 5. The number of unbranched alkanes of at least 4 members (excludes halogenated alkanes) is 16. The molecule has 1 rings (SSSR count). The van der Waals surface area contributed by atoms with Crippen LogP contribution in [-0.4, -0.2) is 99.6 Å². The number of nitrogens with one attached hydrogen (secondary N) is 1. The van der Waals surface area contributed by atoms with E-state index in [-0.39, 0.29) is 19.4 Å². The first kappa shape index (κ1) is 71.6. The number of carbonyl (C=O) groups excluding carboxylic acids is 2. The Balaban J connectivity index is 2.75. The maximum absolute atomic E-state index is 13.4. The van der Waals surface area contributed by atoms with Crippen LogP contribution < -0.4 is 5.32 Å². The van der Waals surface area contributed by atoms with Crippen LogP contribution in [0.4, 0.5) is 0 Å². The number of ether oxygens (including phenoxy) is 3. The number of hydrogen-bond donors (Lipinski definition) is 6. The lowest BCUT2D eigenvalue weighted by molar-refractivity contribution is -0.305. The van der Waals surface area contributed by atoms with Crippen LogP contribution >= 0.6 is 0 Å². The molecule has 8 atom stereocenters. The molecule has 0 spiro atoms. The number of carbonyl (C=O) groups is 2. The molecule has 0 aromatic carbocycles. The van der Waals surface area contributed by atoms with Gasteiger partial charge in [0.25, 0.3) is 0 Å². The third kappa shape index (κ3) is 40.7. The van der Waals surface area contributed by atoms with Gasteiger partial charge in [-0.3, -0.25) is 9.59 Å². The SMILES string of the molecule is CC/C=C\C/C=C\C/C=C\C/C=C\C/C=C\C/C=C\CCCCCC(O)C(=O)NC(COC1OC(CO)C(O)C(O)C1OC(=O)CCCCC/C=C/C=C\C=C/C=C/C=C/CC)C(O)/C=C/CCCCCCCCCCCC. The number of rotatable bonds is 48. The maximum atomic E-state index is 13.4. The van der Waals surface area contributed by atoms with Gasteiger partial charge < -0.3 is 45.1 Å². The van der Waals surface area contributed by atoms with Crippen LogP contribution in [0.3, 0.4) is 0 Å². The van der Waals surface area contributed by atoms with Crippen LogP contribution in [0.25, 0.3) is 0 Å². The summed E-state index contributed by atoms with van der Waals surface area (Å²) in [7, 11) is 0. The summed E-state index contributed by atoms with van der Waals surface area (Å²) in [6, 6.07) is -1.06. The Morgan fingerprint density at radius 1 is 0.526 bits per heavy atom. The van der Waals surface area contributed by atoms with Crippen molar-refractivity contribution in [1.29, 1.82) is 0 Å². The molecule has 0 saturated carbocycles. The first-order valence-corrected chi connectivity index (χ1v) is 30.2. The van der Waals surface area contributed by atoms with Gasteiger partial charge in [-0.1, -0.05) is 244 Å². The van der Waals surface area contributed by atoms with Gasteiger partial charge in [-0.05, 0) is 96.3 Å². The molecule has 1 aliphatic heterocycles. The number of allylic oxidation sites excluding steroid dienone is 23. The highest BCUT2D eigenvalue weighted by atomic mass is 16.7. The maximum Gasteiger partial charge on any atom is 0.306 e. The molecule has 78 heavy (non-hydrogen) atoms. The van der Waals surface area contributed by atoms with Crippen molar-refractivity contribution in [1.82, 2.24) is 5.32 Å². The molecule has 1 aliphatic rings. The molecule has 0 radical (unpaired) electrons. The molecule has 11 heteroatoms. The smallest absolute Gasteiger partial charge is 0.306 e. The largest absolute Gasteiger partial charge is 0.454 e. The third-order valence-electron chi connectivity index (χ3n) is 13.1. The van der Waals surface area contributed by atoms with Crippen molar-refractivity contribution in [3.05, 3.63) is 146 Å². The van der Waals surface area contributed by atoms with Gasteiger partial charge in [-0.15, -0.1) is 0 Å². The Hall–Kier alpha value is -4.46. The molecule has 11 nitrogen and oxygen atoms in total. The summed E-state index contributed by atoms with van der Waals surface area (Å²) >= 11 is 0. The predicted molar refractivity (Wildman–Crippen MR) is 324 cm³/mol. The average molecular weight is 1090 g/mol. The zero-order valence-corrected chi connectivity index (χ0v) is 48.5. The molecule has 1 fully saturated rings. The second kappa shape index (κ2) is 53.2.